The number of rotatable bonds is 7. The number of morpholine rings is 1. The first-order chi connectivity index (χ1) is 17.8. The molecule has 1 aliphatic heterocycles. The first-order valence-corrected chi connectivity index (χ1v) is 13.4. The maximum atomic E-state index is 13.2. The summed E-state index contributed by atoms with van der Waals surface area (Å²) in [4.78, 5) is 27.1. The van der Waals surface area contributed by atoms with Crippen molar-refractivity contribution in [3.63, 3.8) is 0 Å². The zero-order valence-electron chi connectivity index (χ0n) is 20.6. The van der Waals surface area contributed by atoms with Crippen LogP contribution in [0.5, 0.6) is 5.75 Å². The number of anilines is 1. The highest BCUT2D eigenvalue weighted by Crippen LogP contribution is 2.28. The van der Waals surface area contributed by atoms with Crippen molar-refractivity contribution in [2.24, 2.45) is 0 Å². The third kappa shape index (κ3) is 6.64. The monoisotopic (exact) mass is 553 g/mol. The number of carbonyl (C=O) groups is 2. The number of amides is 2. The van der Waals surface area contributed by atoms with Crippen molar-refractivity contribution in [1.82, 2.24) is 9.47 Å². The summed E-state index contributed by atoms with van der Waals surface area (Å²) in [6.45, 7) is 4.52. The molecule has 1 fully saturated rings. The summed E-state index contributed by atoms with van der Waals surface area (Å²) in [6, 6.07) is 11.0. The van der Waals surface area contributed by atoms with Gasteiger partial charge < -0.3 is 24.3 Å². The Morgan fingerprint density at radius 2 is 1.68 bits per heavy atom. The number of sulfone groups is 1. The van der Waals surface area contributed by atoms with Gasteiger partial charge in [0.15, 0.2) is 9.84 Å². The summed E-state index contributed by atoms with van der Waals surface area (Å²) in [5.41, 5.74) is 0.621. The Morgan fingerprint density at radius 3 is 2.32 bits per heavy atom. The van der Waals surface area contributed by atoms with Gasteiger partial charge in [0, 0.05) is 35.9 Å². The van der Waals surface area contributed by atoms with E-state index in [1.54, 1.807) is 33.7 Å². The highest BCUT2D eigenvalue weighted by molar-refractivity contribution is 7.92. The number of ether oxygens (including phenoxy) is 2. The van der Waals surface area contributed by atoms with E-state index in [2.05, 4.69) is 10.1 Å². The lowest BCUT2D eigenvalue weighted by Crippen LogP contribution is -2.49. The normalized spacial score (nSPS) is 18.4. The van der Waals surface area contributed by atoms with Gasteiger partial charge in [-0.15, -0.1) is 13.2 Å². The molecule has 2 aromatic carbocycles. The van der Waals surface area contributed by atoms with E-state index in [4.69, 9.17) is 4.74 Å². The molecule has 1 saturated heterocycles. The molecule has 204 valence electrons. The minimum absolute atomic E-state index is 0.0893. The Bertz CT molecular complexity index is 1430. The molecule has 13 heteroatoms. The summed E-state index contributed by atoms with van der Waals surface area (Å²) < 4.78 is 74.4. The molecule has 1 aromatic heterocycles. The van der Waals surface area contributed by atoms with Crippen molar-refractivity contribution in [3.8, 4) is 5.75 Å². The molecule has 3 aromatic rings. The molecule has 1 aliphatic rings. The number of hydrogen-bond acceptors (Lipinski definition) is 6. The Labute approximate surface area is 217 Å². The number of benzene rings is 2. The summed E-state index contributed by atoms with van der Waals surface area (Å²) in [5.74, 6) is -2.45. The van der Waals surface area contributed by atoms with Crippen LogP contribution in [0.1, 0.15) is 13.8 Å². The van der Waals surface area contributed by atoms with E-state index < -0.39 is 33.6 Å². The maximum Gasteiger partial charge on any atom is 0.573 e. The van der Waals surface area contributed by atoms with Gasteiger partial charge in [-0.1, -0.05) is 18.2 Å². The number of para-hydroxylation sites is 1. The molecule has 2 unspecified atom stereocenters. The topological polar surface area (TPSA) is 107 Å². The number of nitrogens with one attached hydrogen (secondary N) is 1. The zero-order chi connectivity index (χ0) is 27.7. The lowest BCUT2D eigenvalue weighted by atomic mass is 10.2. The number of halogens is 3. The fourth-order valence-corrected chi connectivity index (χ4v) is 5.77. The third-order valence-electron chi connectivity index (χ3n) is 5.86. The van der Waals surface area contributed by atoms with Crippen molar-refractivity contribution in [2.75, 3.05) is 24.2 Å². The standard InChI is InChI=1S/C25H26F3N3O6S/c1-16-11-31(12-17(2)36-16)24(33)14-30-13-22(20-5-3-4-6-21(20)30)38(34,35)15-23(32)29-18-7-9-19(10-8-18)37-25(26,27)28/h3-10,13,16-17H,11-12,14-15H2,1-2H3,(H,29,32). The molecule has 4 rings (SSSR count). The van der Waals surface area contributed by atoms with Crippen LogP contribution in [0.15, 0.2) is 59.6 Å². The Morgan fingerprint density at radius 1 is 1.05 bits per heavy atom. The van der Waals surface area contributed by atoms with Gasteiger partial charge in [-0.3, -0.25) is 9.59 Å². The van der Waals surface area contributed by atoms with Gasteiger partial charge in [0.2, 0.25) is 11.8 Å². The molecule has 0 bridgehead atoms. The number of alkyl halides is 3. The highest BCUT2D eigenvalue weighted by Gasteiger charge is 2.31. The van der Waals surface area contributed by atoms with E-state index in [1.165, 1.54) is 6.20 Å². The van der Waals surface area contributed by atoms with Crippen LogP contribution in [0, 0.1) is 0 Å². The van der Waals surface area contributed by atoms with Gasteiger partial charge in [0.25, 0.3) is 0 Å². The van der Waals surface area contributed by atoms with Crippen LogP contribution in [-0.4, -0.2) is 67.1 Å². The van der Waals surface area contributed by atoms with Crippen molar-refractivity contribution in [2.45, 2.75) is 43.9 Å². The fourth-order valence-electron chi connectivity index (χ4n) is 4.41. The SMILES string of the molecule is CC1CN(C(=O)Cn2cc(S(=O)(=O)CC(=O)Nc3ccc(OC(F)(F)F)cc3)c3ccccc32)CC(C)O1. The molecule has 0 saturated carbocycles. The first kappa shape index (κ1) is 27.5. The van der Waals surface area contributed by atoms with Gasteiger partial charge in [0.05, 0.1) is 17.1 Å². The third-order valence-corrected chi connectivity index (χ3v) is 7.50. The van der Waals surface area contributed by atoms with E-state index in [-0.39, 0.29) is 35.2 Å². The number of hydrogen-bond donors (Lipinski definition) is 1. The van der Waals surface area contributed by atoms with E-state index in [1.807, 2.05) is 13.8 Å². The van der Waals surface area contributed by atoms with Gasteiger partial charge in [-0.05, 0) is 44.2 Å². The molecule has 9 nitrogen and oxygen atoms in total. The second-order valence-electron chi connectivity index (χ2n) is 9.07. The number of fused-ring (bicyclic) bond motifs is 1. The second kappa shape index (κ2) is 10.7. The molecule has 0 radical (unpaired) electrons. The lowest BCUT2D eigenvalue weighted by molar-refractivity contribution is -0.274. The summed E-state index contributed by atoms with van der Waals surface area (Å²) >= 11 is 0. The van der Waals surface area contributed by atoms with Crippen LogP contribution in [-0.2, 0) is 30.7 Å². The quantitative estimate of drug-likeness (QED) is 0.479. The molecular weight excluding hydrogens is 527 g/mol. The minimum Gasteiger partial charge on any atom is -0.406 e. The Hall–Kier alpha value is -3.58. The highest BCUT2D eigenvalue weighted by atomic mass is 32.2. The van der Waals surface area contributed by atoms with Crippen molar-refractivity contribution < 1.29 is 40.7 Å². The van der Waals surface area contributed by atoms with E-state index in [0.29, 0.717) is 24.0 Å². The van der Waals surface area contributed by atoms with Crippen molar-refractivity contribution in [3.05, 3.63) is 54.7 Å². The number of carbonyl (C=O) groups excluding carboxylic acids is 2. The Kier molecular flexibility index (Phi) is 7.70. The molecule has 38 heavy (non-hydrogen) atoms. The van der Waals surface area contributed by atoms with Crippen LogP contribution in [0.25, 0.3) is 10.9 Å². The van der Waals surface area contributed by atoms with Gasteiger partial charge in [-0.2, -0.15) is 0 Å². The average molecular weight is 554 g/mol. The largest absolute Gasteiger partial charge is 0.573 e. The van der Waals surface area contributed by atoms with Crippen LogP contribution in [0.2, 0.25) is 0 Å². The van der Waals surface area contributed by atoms with Crippen molar-refractivity contribution >= 4 is 38.2 Å². The van der Waals surface area contributed by atoms with Crippen molar-refractivity contribution in [1.29, 1.82) is 0 Å². The van der Waals surface area contributed by atoms with E-state index in [0.717, 1.165) is 24.3 Å². The lowest BCUT2D eigenvalue weighted by Gasteiger charge is -2.35. The van der Waals surface area contributed by atoms with Gasteiger partial charge >= 0.3 is 6.36 Å². The maximum absolute atomic E-state index is 13.2. The van der Waals surface area contributed by atoms with Crippen LogP contribution in [0.3, 0.4) is 0 Å². The molecule has 0 spiro atoms. The molecule has 1 N–H and O–H groups in total. The summed E-state index contributed by atoms with van der Waals surface area (Å²) in [6.07, 6.45) is -3.75. The van der Waals surface area contributed by atoms with Gasteiger partial charge in [0.1, 0.15) is 18.0 Å². The summed E-state index contributed by atoms with van der Waals surface area (Å²) in [5, 5.41) is 2.73. The van der Waals surface area contributed by atoms with Gasteiger partial charge in [-0.25, -0.2) is 8.42 Å². The number of aromatic nitrogens is 1. The number of nitrogens with zero attached hydrogens (tertiary/aromatic N) is 2. The molecule has 2 amide bonds. The van der Waals surface area contributed by atoms with Crippen LogP contribution in [0.4, 0.5) is 18.9 Å². The molecule has 2 heterocycles. The smallest absolute Gasteiger partial charge is 0.406 e. The minimum atomic E-state index is -4.86. The predicted octanol–water partition coefficient (Wildman–Crippen LogP) is 3.59. The van der Waals surface area contributed by atoms with Crippen LogP contribution >= 0.6 is 0 Å². The zero-order valence-corrected chi connectivity index (χ0v) is 21.4. The van der Waals surface area contributed by atoms with Crippen LogP contribution < -0.4 is 10.1 Å². The van der Waals surface area contributed by atoms with E-state index in [9.17, 15) is 31.2 Å². The predicted molar refractivity (Wildman–Crippen MR) is 132 cm³/mol. The first-order valence-electron chi connectivity index (χ1n) is 11.7. The molecule has 0 aliphatic carbocycles. The van der Waals surface area contributed by atoms with E-state index >= 15 is 0 Å². The summed E-state index contributed by atoms with van der Waals surface area (Å²) in [7, 11) is -4.15. The molecular formula is C25H26F3N3O6S. The second-order valence-corrected chi connectivity index (χ2v) is 11.0. The Balaban J connectivity index is 1.50. The average Bonchev–Trinajstić information content (AvgIpc) is 3.18. The molecule has 2 atom stereocenters. The fraction of sp³-hybridized carbons (Fsp3) is 0.360.